The molecule has 72 valence electrons. The zero-order valence-corrected chi connectivity index (χ0v) is 9.08. The van der Waals surface area contributed by atoms with Gasteiger partial charge in [-0.25, -0.2) is 4.98 Å². The Morgan fingerprint density at radius 2 is 2.46 bits per heavy atom. The molecule has 0 aliphatic heterocycles. The van der Waals surface area contributed by atoms with E-state index in [9.17, 15) is 0 Å². The number of rotatable bonds is 5. The predicted molar refractivity (Wildman–Crippen MR) is 58.0 cm³/mol. The fraction of sp³-hybridized carbons (Fsp3) is 0.500. The summed E-state index contributed by atoms with van der Waals surface area (Å²) in [5.41, 5.74) is 1.23. The second-order valence-corrected chi connectivity index (χ2v) is 4.55. The van der Waals surface area contributed by atoms with E-state index >= 15 is 0 Å². The molecule has 0 saturated heterocycles. The first-order valence-corrected chi connectivity index (χ1v) is 5.26. The Bertz CT molecular complexity index is 278. The van der Waals surface area contributed by atoms with Gasteiger partial charge in [0.2, 0.25) is 0 Å². The summed E-state index contributed by atoms with van der Waals surface area (Å²) in [6, 6.07) is 0. The van der Waals surface area contributed by atoms with E-state index in [-0.39, 0.29) is 0 Å². The Morgan fingerprint density at radius 3 is 3.00 bits per heavy atom. The summed E-state index contributed by atoms with van der Waals surface area (Å²) < 4.78 is 0. The van der Waals surface area contributed by atoms with Crippen molar-refractivity contribution in [1.29, 1.82) is 0 Å². The zero-order chi connectivity index (χ0) is 9.68. The van der Waals surface area contributed by atoms with Crippen LogP contribution in [-0.4, -0.2) is 11.5 Å². The molecule has 1 N–H and O–H groups in total. The van der Waals surface area contributed by atoms with Gasteiger partial charge in [0, 0.05) is 17.6 Å². The van der Waals surface area contributed by atoms with Gasteiger partial charge in [0.15, 0.2) is 0 Å². The van der Waals surface area contributed by atoms with Crippen LogP contribution in [0.2, 0.25) is 0 Å². The molecule has 0 aliphatic carbocycles. The summed E-state index contributed by atoms with van der Waals surface area (Å²) in [4.78, 5) is 5.50. The highest BCUT2D eigenvalue weighted by Gasteiger charge is 1.96. The van der Waals surface area contributed by atoms with E-state index in [0.717, 1.165) is 24.5 Å². The van der Waals surface area contributed by atoms with Crippen molar-refractivity contribution in [2.75, 3.05) is 6.54 Å². The average molecular weight is 196 g/mol. The van der Waals surface area contributed by atoms with Crippen LogP contribution in [0, 0.1) is 6.92 Å². The van der Waals surface area contributed by atoms with Crippen LogP contribution in [-0.2, 0) is 6.54 Å². The third-order valence-corrected chi connectivity index (χ3v) is 2.61. The van der Waals surface area contributed by atoms with Crippen molar-refractivity contribution in [3.05, 3.63) is 28.2 Å². The normalized spacial score (nSPS) is 10.3. The van der Waals surface area contributed by atoms with Crippen molar-refractivity contribution < 1.29 is 0 Å². The van der Waals surface area contributed by atoms with Gasteiger partial charge < -0.3 is 5.32 Å². The highest BCUT2D eigenvalue weighted by atomic mass is 32.1. The fourth-order valence-corrected chi connectivity index (χ4v) is 1.76. The maximum Gasteiger partial charge on any atom is 0.0897 e. The van der Waals surface area contributed by atoms with E-state index < -0.39 is 0 Å². The molecule has 3 heteroatoms. The number of nitrogens with zero attached hydrogens (tertiary/aromatic N) is 1. The molecular formula is C10H16N2S. The Balaban J connectivity index is 2.16. The van der Waals surface area contributed by atoms with Gasteiger partial charge in [0.25, 0.3) is 0 Å². The topological polar surface area (TPSA) is 24.9 Å². The Kier molecular flexibility index (Phi) is 4.12. The van der Waals surface area contributed by atoms with Gasteiger partial charge in [-0.05, 0) is 26.8 Å². The molecule has 0 unspecified atom stereocenters. The van der Waals surface area contributed by atoms with Crippen LogP contribution < -0.4 is 5.32 Å². The van der Waals surface area contributed by atoms with Gasteiger partial charge in [0.1, 0.15) is 0 Å². The molecule has 1 heterocycles. The molecule has 13 heavy (non-hydrogen) atoms. The lowest BCUT2D eigenvalue weighted by Gasteiger charge is -2.01. The monoisotopic (exact) mass is 196 g/mol. The Morgan fingerprint density at radius 1 is 1.69 bits per heavy atom. The van der Waals surface area contributed by atoms with E-state index in [2.05, 4.69) is 23.8 Å². The minimum absolute atomic E-state index is 0.929. The summed E-state index contributed by atoms with van der Waals surface area (Å²) >= 11 is 1.75. The summed E-state index contributed by atoms with van der Waals surface area (Å²) in [6.07, 6.45) is 2.99. The van der Waals surface area contributed by atoms with Crippen molar-refractivity contribution in [3.8, 4) is 0 Å². The Labute approximate surface area is 83.7 Å². The van der Waals surface area contributed by atoms with E-state index in [1.165, 1.54) is 10.5 Å². The molecule has 0 atom stereocenters. The summed E-state index contributed by atoms with van der Waals surface area (Å²) in [5, 5.41) is 4.49. The molecule has 2 nitrogen and oxygen atoms in total. The van der Waals surface area contributed by atoms with Crippen LogP contribution in [0.5, 0.6) is 0 Å². The molecule has 0 aliphatic rings. The highest BCUT2D eigenvalue weighted by molar-refractivity contribution is 7.11. The second-order valence-electron chi connectivity index (χ2n) is 3.23. The summed E-state index contributed by atoms with van der Waals surface area (Å²) in [6.45, 7) is 9.87. The zero-order valence-electron chi connectivity index (χ0n) is 8.26. The predicted octanol–water partition coefficient (Wildman–Crippen LogP) is 2.51. The molecule has 0 fully saturated rings. The van der Waals surface area contributed by atoms with Crippen LogP contribution in [0.15, 0.2) is 18.3 Å². The first kappa shape index (κ1) is 10.4. The van der Waals surface area contributed by atoms with Crippen molar-refractivity contribution in [2.45, 2.75) is 26.8 Å². The van der Waals surface area contributed by atoms with Gasteiger partial charge in [-0.1, -0.05) is 5.57 Å². The standard InChI is InChI=1S/C10H16N2S/c1-8(2)4-5-11-6-10-7-12-9(3)13-10/h7,11H,1,4-6H2,2-3H3. The fourth-order valence-electron chi connectivity index (χ4n) is 1.00. The number of aromatic nitrogens is 1. The molecule has 1 aromatic rings. The van der Waals surface area contributed by atoms with E-state index in [0.29, 0.717) is 0 Å². The smallest absolute Gasteiger partial charge is 0.0897 e. The van der Waals surface area contributed by atoms with Gasteiger partial charge in [-0.2, -0.15) is 0 Å². The van der Waals surface area contributed by atoms with E-state index in [4.69, 9.17) is 0 Å². The van der Waals surface area contributed by atoms with Gasteiger partial charge in [-0.15, -0.1) is 17.9 Å². The maximum atomic E-state index is 4.19. The Hall–Kier alpha value is -0.670. The minimum Gasteiger partial charge on any atom is -0.311 e. The maximum absolute atomic E-state index is 4.19. The van der Waals surface area contributed by atoms with Crippen molar-refractivity contribution in [1.82, 2.24) is 10.3 Å². The van der Waals surface area contributed by atoms with Crippen molar-refractivity contribution in [3.63, 3.8) is 0 Å². The van der Waals surface area contributed by atoms with Crippen LogP contribution >= 0.6 is 11.3 Å². The molecule has 1 rings (SSSR count). The molecule has 0 spiro atoms. The molecule has 0 radical (unpaired) electrons. The quantitative estimate of drug-likeness (QED) is 0.578. The first-order chi connectivity index (χ1) is 6.18. The van der Waals surface area contributed by atoms with Crippen LogP contribution in [0.4, 0.5) is 0 Å². The lowest BCUT2D eigenvalue weighted by Crippen LogP contribution is -2.13. The number of hydrogen-bond acceptors (Lipinski definition) is 3. The lowest BCUT2D eigenvalue weighted by molar-refractivity contribution is 0.690. The van der Waals surface area contributed by atoms with E-state index in [1.807, 2.05) is 13.1 Å². The SMILES string of the molecule is C=C(C)CCNCc1cnc(C)s1. The van der Waals surface area contributed by atoms with E-state index in [1.54, 1.807) is 11.3 Å². The number of nitrogens with one attached hydrogen (secondary N) is 1. The number of hydrogen-bond donors (Lipinski definition) is 1. The summed E-state index contributed by atoms with van der Waals surface area (Å²) in [7, 11) is 0. The average Bonchev–Trinajstić information content (AvgIpc) is 2.45. The largest absolute Gasteiger partial charge is 0.311 e. The first-order valence-electron chi connectivity index (χ1n) is 4.45. The third kappa shape index (κ3) is 4.20. The number of thiazole rings is 1. The highest BCUT2D eigenvalue weighted by Crippen LogP contribution is 2.10. The van der Waals surface area contributed by atoms with Gasteiger partial charge in [0.05, 0.1) is 5.01 Å². The van der Waals surface area contributed by atoms with Crippen molar-refractivity contribution in [2.24, 2.45) is 0 Å². The molecule has 0 aromatic carbocycles. The molecule has 0 saturated carbocycles. The van der Waals surface area contributed by atoms with Gasteiger partial charge in [-0.3, -0.25) is 0 Å². The van der Waals surface area contributed by atoms with Crippen LogP contribution in [0.1, 0.15) is 23.2 Å². The molecule has 0 amide bonds. The molecule has 1 aromatic heterocycles. The minimum atomic E-state index is 0.929. The second kappa shape index (κ2) is 5.14. The van der Waals surface area contributed by atoms with Crippen LogP contribution in [0.3, 0.4) is 0 Å². The lowest BCUT2D eigenvalue weighted by atomic mass is 10.2. The third-order valence-electron chi connectivity index (χ3n) is 1.70. The van der Waals surface area contributed by atoms with Crippen LogP contribution in [0.25, 0.3) is 0 Å². The number of aryl methyl sites for hydroxylation is 1. The van der Waals surface area contributed by atoms with Gasteiger partial charge >= 0.3 is 0 Å². The van der Waals surface area contributed by atoms with Crippen molar-refractivity contribution >= 4 is 11.3 Å². The molecular weight excluding hydrogens is 180 g/mol. The summed E-state index contributed by atoms with van der Waals surface area (Å²) in [5.74, 6) is 0. The molecule has 0 bridgehead atoms.